The largest absolute Gasteiger partial charge is 0.302 e. The molecule has 0 saturated heterocycles. The zero-order valence-electron chi connectivity index (χ0n) is 5.33. The van der Waals surface area contributed by atoms with Gasteiger partial charge in [0.25, 0.3) is 0 Å². The summed E-state index contributed by atoms with van der Waals surface area (Å²) in [7, 11) is 0. The first-order chi connectivity index (χ1) is 4.84. The third-order valence-corrected chi connectivity index (χ3v) is 1.98. The molecular formula is C8H7BrO. The van der Waals surface area contributed by atoms with Crippen molar-refractivity contribution in [2.24, 2.45) is 0 Å². The van der Waals surface area contributed by atoms with Gasteiger partial charge in [0, 0.05) is 0 Å². The molecule has 0 aliphatic rings. The van der Waals surface area contributed by atoms with Crippen molar-refractivity contribution in [3.63, 3.8) is 0 Å². The van der Waals surface area contributed by atoms with Crippen molar-refractivity contribution in [3.8, 4) is 0 Å². The smallest absolute Gasteiger partial charge is 0.138 e. The number of halogens is 1. The Bertz CT molecular complexity index is 208. The number of hydrogen-bond acceptors (Lipinski definition) is 1. The minimum atomic E-state index is -0.159. The minimum Gasteiger partial charge on any atom is -0.302 e. The first-order valence-electron chi connectivity index (χ1n) is 2.99. The van der Waals surface area contributed by atoms with Gasteiger partial charge in [0.05, 0.1) is 4.83 Å². The third kappa shape index (κ3) is 1.67. The highest BCUT2D eigenvalue weighted by Gasteiger charge is 2.01. The van der Waals surface area contributed by atoms with Crippen molar-refractivity contribution >= 4 is 22.2 Å². The van der Waals surface area contributed by atoms with E-state index in [0.717, 1.165) is 11.8 Å². The molecule has 1 atom stereocenters. The van der Waals surface area contributed by atoms with Gasteiger partial charge in [0.1, 0.15) is 6.29 Å². The Balaban J connectivity index is 2.84. The minimum absolute atomic E-state index is 0.159. The van der Waals surface area contributed by atoms with E-state index >= 15 is 0 Å². The predicted molar refractivity (Wildman–Crippen MR) is 44.2 cm³/mol. The molecule has 0 radical (unpaired) electrons. The van der Waals surface area contributed by atoms with Crippen molar-refractivity contribution in [2.75, 3.05) is 0 Å². The number of carbonyl (C=O) groups excluding carboxylic acids is 1. The highest BCUT2D eigenvalue weighted by atomic mass is 79.9. The van der Waals surface area contributed by atoms with Gasteiger partial charge < -0.3 is 4.79 Å². The van der Waals surface area contributed by atoms with Crippen LogP contribution in [0.5, 0.6) is 0 Å². The maximum atomic E-state index is 10.3. The van der Waals surface area contributed by atoms with Gasteiger partial charge in [0.2, 0.25) is 0 Å². The Labute approximate surface area is 68.2 Å². The lowest BCUT2D eigenvalue weighted by Crippen LogP contribution is -1.88. The van der Waals surface area contributed by atoms with E-state index in [-0.39, 0.29) is 4.83 Å². The van der Waals surface area contributed by atoms with Gasteiger partial charge >= 0.3 is 0 Å². The topological polar surface area (TPSA) is 17.1 Å². The SMILES string of the molecule is O=C[C@@H](Br)c1ccccc1. The quantitative estimate of drug-likeness (QED) is 0.527. The molecular weight excluding hydrogens is 192 g/mol. The second kappa shape index (κ2) is 3.52. The number of rotatable bonds is 2. The maximum absolute atomic E-state index is 10.3. The van der Waals surface area contributed by atoms with E-state index in [1.165, 1.54) is 0 Å². The Hall–Kier alpha value is -0.630. The summed E-state index contributed by atoms with van der Waals surface area (Å²) in [6.07, 6.45) is 0.870. The van der Waals surface area contributed by atoms with E-state index in [1.54, 1.807) is 0 Å². The van der Waals surface area contributed by atoms with E-state index in [4.69, 9.17) is 0 Å². The van der Waals surface area contributed by atoms with Gasteiger partial charge in [-0.05, 0) is 5.56 Å². The highest BCUT2D eigenvalue weighted by Crippen LogP contribution is 2.18. The molecule has 0 amide bonds. The molecule has 2 heteroatoms. The molecule has 1 aromatic carbocycles. The lowest BCUT2D eigenvalue weighted by Gasteiger charge is -1.98. The van der Waals surface area contributed by atoms with Crippen LogP contribution in [0, 0.1) is 0 Å². The van der Waals surface area contributed by atoms with Crippen LogP contribution in [0.2, 0.25) is 0 Å². The van der Waals surface area contributed by atoms with Crippen molar-refractivity contribution in [3.05, 3.63) is 35.9 Å². The van der Waals surface area contributed by atoms with Crippen molar-refractivity contribution < 1.29 is 4.79 Å². The Kier molecular flexibility index (Phi) is 2.63. The molecule has 1 aromatic rings. The molecule has 52 valence electrons. The lowest BCUT2D eigenvalue weighted by atomic mass is 10.2. The highest BCUT2D eigenvalue weighted by molar-refractivity contribution is 9.09. The molecule has 0 spiro atoms. The normalized spacial score (nSPS) is 12.5. The molecule has 0 unspecified atom stereocenters. The summed E-state index contributed by atoms with van der Waals surface area (Å²) in [6.45, 7) is 0. The average Bonchev–Trinajstić information content (AvgIpc) is 2.05. The maximum Gasteiger partial charge on any atom is 0.138 e. The number of carbonyl (C=O) groups is 1. The Morgan fingerprint density at radius 1 is 1.30 bits per heavy atom. The van der Waals surface area contributed by atoms with Crippen LogP contribution in [0.4, 0.5) is 0 Å². The Morgan fingerprint density at radius 2 is 1.90 bits per heavy atom. The molecule has 0 aromatic heterocycles. The summed E-state index contributed by atoms with van der Waals surface area (Å²) < 4.78 is 0. The second-order valence-electron chi connectivity index (χ2n) is 1.95. The molecule has 0 bridgehead atoms. The van der Waals surface area contributed by atoms with E-state index in [0.29, 0.717) is 0 Å². The van der Waals surface area contributed by atoms with Gasteiger partial charge in [-0.1, -0.05) is 46.3 Å². The van der Waals surface area contributed by atoms with Gasteiger partial charge in [-0.15, -0.1) is 0 Å². The molecule has 1 nitrogen and oxygen atoms in total. The van der Waals surface area contributed by atoms with Gasteiger partial charge in [-0.3, -0.25) is 0 Å². The van der Waals surface area contributed by atoms with Crippen molar-refractivity contribution in [1.29, 1.82) is 0 Å². The number of benzene rings is 1. The van der Waals surface area contributed by atoms with E-state index in [2.05, 4.69) is 15.9 Å². The molecule has 0 aliphatic carbocycles. The molecule has 0 heterocycles. The second-order valence-corrected chi connectivity index (χ2v) is 2.94. The summed E-state index contributed by atoms with van der Waals surface area (Å²) in [5.74, 6) is 0. The van der Waals surface area contributed by atoms with Crippen LogP contribution in [-0.4, -0.2) is 6.29 Å². The van der Waals surface area contributed by atoms with Crippen LogP contribution in [0.25, 0.3) is 0 Å². The third-order valence-electron chi connectivity index (χ3n) is 1.24. The average molecular weight is 199 g/mol. The number of aldehydes is 1. The predicted octanol–water partition coefficient (Wildman–Crippen LogP) is 2.32. The van der Waals surface area contributed by atoms with Crippen LogP contribution in [0.15, 0.2) is 30.3 Å². The van der Waals surface area contributed by atoms with Crippen LogP contribution < -0.4 is 0 Å². The van der Waals surface area contributed by atoms with E-state index in [1.807, 2.05) is 30.3 Å². The molecule has 1 rings (SSSR count). The first kappa shape index (κ1) is 7.48. The fourth-order valence-corrected chi connectivity index (χ4v) is 1.02. The van der Waals surface area contributed by atoms with Crippen LogP contribution in [0.3, 0.4) is 0 Å². The van der Waals surface area contributed by atoms with Crippen molar-refractivity contribution in [2.45, 2.75) is 4.83 Å². The molecule has 0 fully saturated rings. The number of alkyl halides is 1. The standard InChI is InChI=1S/C8H7BrO/c9-8(6-10)7-4-2-1-3-5-7/h1-6,8H/t8-/m1/s1. The van der Waals surface area contributed by atoms with Crippen LogP contribution >= 0.6 is 15.9 Å². The van der Waals surface area contributed by atoms with Gasteiger partial charge in [-0.2, -0.15) is 0 Å². The number of hydrogen-bond donors (Lipinski definition) is 0. The van der Waals surface area contributed by atoms with E-state index < -0.39 is 0 Å². The fourth-order valence-electron chi connectivity index (χ4n) is 0.715. The molecule has 0 N–H and O–H groups in total. The van der Waals surface area contributed by atoms with E-state index in [9.17, 15) is 4.79 Å². The van der Waals surface area contributed by atoms with Gasteiger partial charge in [0.15, 0.2) is 0 Å². The summed E-state index contributed by atoms with van der Waals surface area (Å²) in [5, 5.41) is 0. The lowest BCUT2D eigenvalue weighted by molar-refractivity contribution is -0.107. The van der Waals surface area contributed by atoms with Crippen molar-refractivity contribution in [1.82, 2.24) is 0 Å². The zero-order valence-corrected chi connectivity index (χ0v) is 6.91. The summed E-state index contributed by atoms with van der Waals surface area (Å²) in [5.41, 5.74) is 0.998. The summed E-state index contributed by atoms with van der Waals surface area (Å²) in [4.78, 5) is 10.1. The monoisotopic (exact) mass is 198 g/mol. The molecule has 10 heavy (non-hydrogen) atoms. The van der Waals surface area contributed by atoms with Gasteiger partial charge in [-0.25, -0.2) is 0 Å². The fraction of sp³-hybridized carbons (Fsp3) is 0.125. The molecule has 0 aliphatic heterocycles. The first-order valence-corrected chi connectivity index (χ1v) is 3.90. The van der Waals surface area contributed by atoms with Crippen LogP contribution in [-0.2, 0) is 4.79 Å². The zero-order chi connectivity index (χ0) is 7.40. The van der Waals surface area contributed by atoms with Crippen LogP contribution in [0.1, 0.15) is 10.4 Å². The Morgan fingerprint density at radius 3 is 2.40 bits per heavy atom. The molecule has 0 saturated carbocycles. The summed E-state index contributed by atoms with van der Waals surface area (Å²) >= 11 is 3.22. The summed E-state index contributed by atoms with van der Waals surface area (Å²) in [6, 6.07) is 9.57.